The number of ether oxygens (including phenoxy) is 1. The van der Waals surface area contributed by atoms with Crippen molar-refractivity contribution < 1.29 is 19.4 Å². The summed E-state index contributed by atoms with van der Waals surface area (Å²) in [7, 11) is 0. The summed E-state index contributed by atoms with van der Waals surface area (Å²) in [5.41, 5.74) is 0.176. The van der Waals surface area contributed by atoms with Gasteiger partial charge in [0.25, 0.3) is 0 Å². The SMILES string of the molecule is C=CC[C@@H]1N(Cc2ccccc2)C(=O)[C@@H]2[C@H](C(=O)O)[C@@H]3C=C[C@]21O3. The smallest absolute Gasteiger partial charge is 0.310 e. The van der Waals surface area contributed by atoms with Gasteiger partial charge >= 0.3 is 5.97 Å². The Morgan fingerprint density at radius 3 is 2.79 bits per heavy atom. The lowest BCUT2D eigenvalue weighted by Crippen LogP contribution is -2.44. The Bertz CT molecular complexity index is 728. The van der Waals surface area contributed by atoms with Crippen molar-refractivity contribution in [1.82, 2.24) is 4.90 Å². The van der Waals surface area contributed by atoms with E-state index < -0.39 is 29.5 Å². The molecule has 0 aliphatic carbocycles. The van der Waals surface area contributed by atoms with Crippen molar-refractivity contribution in [3.05, 3.63) is 60.7 Å². The number of rotatable bonds is 5. The average Bonchev–Trinajstić information content (AvgIpc) is 3.20. The van der Waals surface area contributed by atoms with Crippen LogP contribution in [-0.2, 0) is 20.9 Å². The van der Waals surface area contributed by atoms with E-state index in [1.165, 1.54) is 0 Å². The van der Waals surface area contributed by atoms with Crippen LogP contribution in [0.2, 0.25) is 0 Å². The summed E-state index contributed by atoms with van der Waals surface area (Å²) in [5, 5.41) is 9.58. The third kappa shape index (κ3) is 1.91. The Hall–Kier alpha value is -2.40. The van der Waals surface area contributed by atoms with Crippen LogP contribution in [0.25, 0.3) is 0 Å². The minimum atomic E-state index is -0.969. The minimum Gasteiger partial charge on any atom is -0.481 e. The van der Waals surface area contributed by atoms with Gasteiger partial charge in [0.15, 0.2) is 0 Å². The van der Waals surface area contributed by atoms with E-state index in [4.69, 9.17) is 4.74 Å². The van der Waals surface area contributed by atoms with Crippen molar-refractivity contribution in [3.8, 4) is 0 Å². The van der Waals surface area contributed by atoms with Crippen LogP contribution in [0.1, 0.15) is 12.0 Å². The molecule has 5 nitrogen and oxygen atoms in total. The highest BCUT2D eigenvalue weighted by atomic mass is 16.5. The molecule has 5 atom stereocenters. The number of nitrogens with zero attached hydrogens (tertiary/aromatic N) is 1. The first-order valence-electron chi connectivity index (χ1n) is 8.14. The molecule has 124 valence electrons. The molecular formula is C19H19NO4. The highest BCUT2D eigenvalue weighted by molar-refractivity contribution is 5.91. The van der Waals surface area contributed by atoms with E-state index in [0.29, 0.717) is 13.0 Å². The zero-order valence-electron chi connectivity index (χ0n) is 13.2. The summed E-state index contributed by atoms with van der Waals surface area (Å²) in [6.07, 6.45) is 5.52. The molecule has 0 radical (unpaired) electrons. The lowest BCUT2D eigenvalue weighted by molar-refractivity contribution is -0.148. The van der Waals surface area contributed by atoms with Crippen LogP contribution in [0.3, 0.4) is 0 Å². The van der Waals surface area contributed by atoms with Crippen LogP contribution < -0.4 is 0 Å². The summed E-state index contributed by atoms with van der Waals surface area (Å²) in [4.78, 5) is 26.6. The zero-order chi connectivity index (χ0) is 16.9. The number of carboxylic acid groups (broad SMARTS) is 1. The van der Waals surface area contributed by atoms with E-state index in [1.807, 2.05) is 36.4 Å². The first kappa shape index (κ1) is 15.1. The van der Waals surface area contributed by atoms with Crippen LogP contribution in [0, 0.1) is 11.8 Å². The number of benzene rings is 1. The van der Waals surface area contributed by atoms with Crippen LogP contribution in [0.4, 0.5) is 0 Å². The molecule has 3 aliphatic heterocycles. The van der Waals surface area contributed by atoms with E-state index in [-0.39, 0.29) is 11.9 Å². The highest BCUT2D eigenvalue weighted by Gasteiger charge is 2.70. The van der Waals surface area contributed by atoms with Crippen molar-refractivity contribution in [2.45, 2.75) is 30.7 Å². The van der Waals surface area contributed by atoms with Crippen LogP contribution in [0.5, 0.6) is 0 Å². The molecule has 0 aromatic heterocycles. The second-order valence-corrected chi connectivity index (χ2v) is 6.63. The maximum atomic E-state index is 13.1. The van der Waals surface area contributed by atoms with Gasteiger partial charge in [-0.15, -0.1) is 6.58 Å². The Balaban J connectivity index is 1.73. The second kappa shape index (κ2) is 5.31. The first-order chi connectivity index (χ1) is 11.6. The Kier molecular flexibility index (Phi) is 3.35. The third-order valence-electron chi connectivity index (χ3n) is 5.40. The van der Waals surface area contributed by atoms with Gasteiger partial charge in [0.1, 0.15) is 11.5 Å². The van der Waals surface area contributed by atoms with Crippen LogP contribution >= 0.6 is 0 Å². The van der Waals surface area contributed by atoms with Gasteiger partial charge < -0.3 is 14.7 Å². The quantitative estimate of drug-likeness (QED) is 0.841. The molecule has 24 heavy (non-hydrogen) atoms. The Labute approximate surface area is 140 Å². The Morgan fingerprint density at radius 2 is 2.12 bits per heavy atom. The molecule has 1 spiro atoms. The van der Waals surface area contributed by atoms with Gasteiger partial charge in [0, 0.05) is 6.54 Å². The monoisotopic (exact) mass is 325 g/mol. The number of carbonyl (C=O) groups is 2. The molecule has 1 N–H and O–H groups in total. The predicted molar refractivity (Wildman–Crippen MR) is 87.0 cm³/mol. The highest BCUT2D eigenvalue weighted by Crippen LogP contribution is 2.55. The van der Waals surface area contributed by atoms with Crippen molar-refractivity contribution in [2.75, 3.05) is 0 Å². The lowest BCUT2D eigenvalue weighted by atomic mass is 9.74. The Morgan fingerprint density at radius 1 is 1.38 bits per heavy atom. The van der Waals surface area contributed by atoms with Gasteiger partial charge in [-0.3, -0.25) is 9.59 Å². The lowest BCUT2D eigenvalue weighted by Gasteiger charge is -2.32. The summed E-state index contributed by atoms with van der Waals surface area (Å²) < 4.78 is 6.06. The van der Waals surface area contributed by atoms with Crippen molar-refractivity contribution in [2.24, 2.45) is 11.8 Å². The van der Waals surface area contributed by atoms with Gasteiger partial charge in [0.05, 0.1) is 18.1 Å². The number of hydrogen-bond donors (Lipinski definition) is 1. The summed E-state index contributed by atoms with van der Waals surface area (Å²) in [6, 6.07) is 9.50. The van der Waals surface area contributed by atoms with E-state index in [1.54, 1.807) is 17.1 Å². The van der Waals surface area contributed by atoms with E-state index in [0.717, 1.165) is 5.56 Å². The largest absolute Gasteiger partial charge is 0.481 e. The molecular weight excluding hydrogens is 306 g/mol. The van der Waals surface area contributed by atoms with E-state index >= 15 is 0 Å². The molecule has 3 aliphatic rings. The number of hydrogen-bond acceptors (Lipinski definition) is 3. The molecule has 0 saturated carbocycles. The molecule has 2 fully saturated rings. The minimum absolute atomic E-state index is 0.134. The molecule has 0 unspecified atom stereocenters. The number of aliphatic carboxylic acids is 1. The number of carboxylic acids is 1. The molecule has 1 aromatic carbocycles. The summed E-state index contributed by atoms with van der Waals surface area (Å²) in [6.45, 7) is 4.25. The van der Waals surface area contributed by atoms with Gasteiger partial charge in [-0.2, -0.15) is 0 Å². The molecule has 2 saturated heterocycles. The van der Waals surface area contributed by atoms with Gasteiger partial charge in [-0.1, -0.05) is 48.6 Å². The maximum absolute atomic E-state index is 13.1. The third-order valence-corrected chi connectivity index (χ3v) is 5.40. The number of likely N-dealkylation sites (tertiary alicyclic amines) is 1. The second-order valence-electron chi connectivity index (χ2n) is 6.63. The van der Waals surface area contributed by atoms with Gasteiger partial charge in [-0.25, -0.2) is 0 Å². The molecule has 2 bridgehead atoms. The molecule has 4 rings (SSSR count). The van der Waals surface area contributed by atoms with E-state index in [2.05, 4.69) is 6.58 Å². The molecule has 1 amide bonds. The van der Waals surface area contributed by atoms with Crippen LogP contribution in [-0.4, -0.2) is 39.6 Å². The molecule has 1 aromatic rings. The predicted octanol–water partition coefficient (Wildman–Crippen LogP) is 2.00. The number of fused-ring (bicyclic) bond motifs is 1. The van der Waals surface area contributed by atoms with Gasteiger partial charge in [-0.05, 0) is 12.0 Å². The van der Waals surface area contributed by atoms with Gasteiger partial charge in [0.2, 0.25) is 5.91 Å². The van der Waals surface area contributed by atoms with Crippen molar-refractivity contribution in [3.63, 3.8) is 0 Å². The molecule has 5 heteroatoms. The number of carbonyl (C=O) groups excluding carboxylic acids is 1. The summed E-state index contributed by atoms with van der Waals surface area (Å²) >= 11 is 0. The number of amides is 1. The zero-order valence-corrected chi connectivity index (χ0v) is 13.2. The normalized spacial score (nSPS) is 36.2. The van der Waals surface area contributed by atoms with Crippen molar-refractivity contribution in [1.29, 1.82) is 0 Å². The fourth-order valence-corrected chi connectivity index (χ4v) is 4.44. The van der Waals surface area contributed by atoms with Crippen molar-refractivity contribution >= 4 is 11.9 Å². The van der Waals surface area contributed by atoms with Crippen LogP contribution in [0.15, 0.2) is 55.1 Å². The topological polar surface area (TPSA) is 66.8 Å². The summed E-state index contributed by atoms with van der Waals surface area (Å²) in [5.74, 6) is -2.57. The standard InChI is InChI=1S/C19H19NO4/c1-2-6-14-19-10-9-13(24-19)15(18(22)23)16(19)17(21)20(14)11-12-7-4-3-5-8-12/h2-5,7-10,13-16H,1,6,11H2,(H,22,23)/t13-,14-,15+,16-,19+/m0/s1. The average molecular weight is 325 g/mol. The fraction of sp³-hybridized carbons (Fsp3) is 0.368. The first-order valence-corrected chi connectivity index (χ1v) is 8.14. The van der Waals surface area contributed by atoms with E-state index in [9.17, 15) is 14.7 Å². The maximum Gasteiger partial charge on any atom is 0.310 e. The molecule has 3 heterocycles. The fourth-order valence-electron chi connectivity index (χ4n) is 4.44.